The molecule has 0 amide bonds. The van der Waals surface area contributed by atoms with Crippen LogP contribution in [0.1, 0.15) is 36.1 Å². The number of aromatic nitrogens is 1. The van der Waals surface area contributed by atoms with Crippen LogP contribution in [0, 0.1) is 6.92 Å². The number of nitrogens with zero attached hydrogens (tertiary/aromatic N) is 1. The van der Waals surface area contributed by atoms with Crippen molar-refractivity contribution in [2.45, 2.75) is 32.6 Å². The second kappa shape index (κ2) is 9.79. The Morgan fingerprint density at radius 2 is 2.08 bits per heavy atom. The second-order valence-corrected chi connectivity index (χ2v) is 6.34. The minimum atomic E-state index is -0.792. The van der Waals surface area contributed by atoms with Gasteiger partial charge in [0.05, 0.1) is 17.8 Å². The number of carboxylic acid groups (broad SMARTS) is 1. The first-order chi connectivity index (χ1) is 12.1. The molecule has 25 heavy (non-hydrogen) atoms. The summed E-state index contributed by atoms with van der Waals surface area (Å²) in [6.07, 6.45) is 2.91. The lowest BCUT2D eigenvalue weighted by atomic mass is 9.98. The van der Waals surface area contributed by atoms with E-state index in [-0.39, 0.29) is 6.42 Å². The van der Waals surface area contributed by atoms with E-state index in [9.17, 15) is 4.79 Å². The molecular formula is C20H27N3O2. The number of pyridine rings is 1. The number of nitrogens with one attached hydrogen (secondary N) is 2. The topological polar surface area (TPSA) is 74.2 Å². The van der Waals surface area contributed by atoms with Gasteiger partial charge in [-0.1, -0.05) is 31.2 Å². The van der Waals surface area contributed by atoms with Crippen molar-refractivity contribution in [3.63, 3.8) is 0 Å². The van der Waals surface area contributed by atoms with Crippen molar-refractivity contribution >= 4 is 11.7 Å². The number of hydrogen-bond donors (Lipinski definition) is 3. The van der Waals surface area contributed by atoms with Gasteiger partial charge in [-0.2, -0.15) is 0 Å². The average molecular weight is 341 g/mol. The molecule has 1 atom stereocenters. The quantitative estimate of drug-likeness (QED) is 0.579. The minimum absolute atomic E-state index is 0.0768. The van der Waals surface area contributed by atoms with E-state index in [1.807, 2.05) is 37.3 Å². The monoisotopic (exact) mass is 341 g/mol. The van der Waals surface area contributed by atoms with Crippen LogP contribution in [0.2, 0.25) is 0 Å². The van der Waals surface area contributed by atoms with Gasteiger partial charge in [0.25, 0.3) is 0 Å². The van der Waals surface area contributed by atoms with Crippen LogP contribution in [-0.4, -0.2) is 35.7 Å². The number of anilines is 1. The lowest BCUT2D eigenvalue weighted by molar-refractivity contribution is -0.136. The Hall–Kier alpha value is -2.40. The number of hydrogen-bond acceptors (Lipinski definition) is 4. The Bertz CT molecular complexity index is 688. The summed E-state index contributed by atoms with van der Waals surface area (Å²) in [6, 6.07) is 11.8. The lowest BCUT2D eigenvalue weighted by Gasteiger charge is -2.14. The number of carbonyl (C=O) groups is 1. The zero-order valence-electron chi connectivity index (χ0n) is 15.0. The second-order valence-electron chi connectivity index (χ2n) is 6.34. The molecular weight excluding hydrogens is 314 g/mol. The highest BCUT2D eigenvalue weighted by Crippen LogP contribution is 2.16. The highest BCUT2D eigenvalue weighted by Gasteiger charge is 2.07. The molecule has 3 N–H and O–H groups in total. The molecule has 0 aliphatic heterocycles. The Morgan fingerprint density at radius 3 is 2.84 bits per heavy atom. The Kier molecular flexibility index (Phi) is 7.41. The number of rotatable bonds is 10. The van der Waals surface area contributed by atoms with Crippen LogP contribution < -0.4 is 10.6 Å². The number of aliphatic carboxylic acids is 1. The van der Waals surface area contributed by atoms with Crippen LogP contribution in [0.5, 0.6) is 0 Å². The summed E-state index contributed by atoms with van der Waals surface area (Å²) in [5.74, 6) is -0.443. The molecule has 0 bridgehead atoms. The van der Waals surface area contributed by atoms with Gasteiger partial charge in [0.1, 0.15) is 0 Å². The van der Waals surface area contributed by atoms with Crippen LogP contribution in [0.25, 0.3) is 0 Å². The Labute approximate surface area is 149 Å². The zero-order valence-corrected chi connectivity index (χ0v) is 15.0. The van der Waals surface area contributed by atoms with Crippen LogP contribution in [0.4, 0.5) is 5.69 Å². The van der Waals surface area contributed by atoms with Gasteiger partial charge >= 0.3 is 5.97 Å². The molecule has 0 aliphatic rings. The fourth-order valence-electron chi connectivity index (χ4n) is 2.73. The molecule has 0 fully saturated rings. The predicted molar refractivity (Wildman–Crippen MR) is 101 cm³/mol. The molecule has 0 radical (unpaired) electrons. The first kappa shape index (κ1) is 18.9. The normalized spacial score (nSPS) is 11.9. The predicted octanol–water partition coefficient (Wildman–Crippen LogP) is 3.21. The molecule has 134 valence electrons. The largest absolute Gasteiger partial charge is 0.481 e. The van der Waals surface area contributed by atoms with Crippen LogP contribution in [-0.2, 0) is 11.2 Å². The molecule has 0 saturated heterocycles. The summed E-state index contributed by atoms with van der Waals surface area (Å²) >= 11 is 0. The van der Waals surface area contributed by atoms with Gasteiger partial charge in [0, 0.05) is 19.3 Å². The third-order valence-corrected chi connectivity index (χ3v) is 4.18. The van der Waals surface area contributed by atoms with Crippen molar-refractivity contribution in [2.75, 3.05) is 25.0 Å². The van der Waals surface area contributed by atoms with Crippen molar-refractivity contribution in [1.82, 2.24) is 10.3 Å². The van der Waals surface area contributed by atoms with Gasteiger partial charge in [-0.15, -0.1) is 0 Å². The van der Waals surface area contributed by atoms with Crippen molar-refractivity contribution in [3.05, 3.63) is 59.4 Å². The molecule has 0 aliphatic carbocycles. The smallest absolute Gasteiger partial charge is 0.307 e. The third-order valence-electron chi connectivity index (χ3n) is 4.18. The first-order valence-corrected chi connectivity index (χ1v) is 8.73. The molecule has 2 rings (SSSR count). The molecule has 2 aromatic rings. The summed E-state index contributed by atoms with van der Waals surface area (Å²) in [7, 11) is 0. The molecule has 0 spiro atoms. The maximum atomic E-state index is 10.8. The van der Waals surface area contributed by atoms with E-state index in [0.29, 0.717) is 5.92 Å². The van der Waals surface area contributed by atoms with E-state index in [4.69, 9.17) is 5.11 Å². The molecule has 1 heterocycles. The third kappa shape index (κ3) is 6.55. The van der Waals surface area contributed by atoms with Gasteiger partial charge in [-0.25, -0.2) is 0 Å². The van der Waals surface area contributed by atoms with Crippen molar-refractivity contribution in [1.29, 1.82) is 0 Å². The maximum Gasteiger partial charge on any atom is 0.307 e. The molecule has 0 saturated carbocycles. The molecule has 1 unspecified atom stereocenters. The van der Waals surface area contributed by atoms with Crippen LogP contribution in [0.3, 0.4) is 0 Å². The highest BCUT2D eigenvalue weighted by molar-refractivity contribution is 5.70. The van der Waals surface area contributed by atoms with Crippen LogP contribution in [0.15, 0.2) is 42.6 Å². The lowest BCUT2D eigenvalue weighted by Crippen LogP contribution is -2.23. The van der Waals surface area contributed by atoms with E-state index in [1.165, 1.54) is 5.56 Å². The van der Waals surface area contributed by atoms with Gasteiger partial charge in [-0.3, -0.25) is 9.78 Å². The first-order valence-electron chi connectivity index (χ1n) is 8.73. The van der Waals surface area contributed by atoms with Gasteiger partial charge < -0.3 is 15.7 Å². The molecule has 1 aromatic heterocycles. The standard InChI is InChI=1S/C20H27N3O2/c1-15(18-7-3-6-17(12-18)13-20(24)25)14-21-9-5-11-23-19-8-4-10-22-16(19)2/h3-4,6-8,10,12,15,21,23H,5,9,11,13-14H2,1-2H3,(H,24,25). The SMILES string of the molecule is Cc1ncccc1NCCCNCC(C)c1cccc(CC(=O)O)c1. The summed E-state index contributed by atoms with van der Waals surface area (Å²) in [6.45, 7) is 6.88. The van der Waals surface area contributed by atoms with E-state index in [2.05, 4.69) is 28.6 Å². The summed E-state index contributed by atoms with van der Waals surface area (Å²) in [5, 5.41) is 15.8. The minimum Gasteiger partial charge on any atom is -0.481 e. The molecule has 5 nitrogen and oxygen atoms in total. The fourth-order valence-corrected chi connectivity index (χ4v) is 2.73. The number of benzene rings is 1. The van der Waals surface area contributed by atoms with Gasteiger partial charge in [0.2, 0.25) is 0 Å². The summed E-state index contributed by atoms with van der Waals surface area (Å²) in [4.78, 5) is 15.1. The van der Waals surface area contributed by atoms with E-state index in [1.54, 1.807) is 6.20 Å². The van der Waals surface area contributed by atoms with E-state index < -0.39 is 5.97 Å². The maximum absolute atomic E-state index is 10.8. The number of carboxylic acids is 1. The molecule has 5 heteroatoms. The van der Waals surface area contributed by atoms with E-state index in [0.717, 1.165) is 43.0 Å². The number of aryl methyl sites for hydroxylation is 1. The van der Waals surface area contributed by atoms with Crippen molar-refractivity contribution in [2.24, 2.45) is 0 Å². The highest BCUT2D eigenvalue weighted by atomic mass is 16.4. The summed E-state index contributed by atoms with van der Waals surface area (Å²) in [5.41, 5.74) is 4.14. The van der Waals surface area contributed by atoms with E-state index >= 15 is 0 Å². The van der Waals surface area contributed by atoms with Gasteiger partial charge in [0.15, 0.2) is 0 Å². The van der Waals surface area contributed by atoms with Crippen LogP contribution >= 0.6 is 0 Å². The van der Waals surface area contributed by atoms with Gasteiger partial charge in [-0.05, 0) is 49.1 Å². The average Bonchev–Trinajstić information content (AvgIpc) is 2.59. The fraction of sp³-hybridized carbons (Fsp3) is 0.400. The Morgan fingerprint density at radius 1 is 1.24 bits per heavy atom. The molecule has 1 aromatic carbocycles. The summed E-state index contributed by atoms with van der Waals surface area (Å²) < 4.78 is 0. The Balaban J connectivity index is 1.67. The van der Waals surface area contributed by atoms with Crippen molar-refractivity contribution in [3.8, 4) is 0 Å². The van der Waals surface area contributed by atoms with Crippen molar-refractivity contribution < 1.29 is 9.90 Å². The zero-order chi connectivity index (χ0) is 18.1.